The van der Waals surface area contributed by atoms with Crippen LogP contribution in [0.15, 0.2) is 48.5 Å². The number of benzene rings is 2. The third kappa shape index (κ3) is 5.21. The quantitative estimate of drug-likeness (QED) is 0.704. The van der Waals surface area contributed by atoms with Gasteiger partial charge in [-0.2, -0.15) is 0 Å². The maximum absolute atomic E-state index is 12.4. The SMILES string of the molecule is Cl.NC[C@H]1CCC[C@H]1C(=O)Nc1ccc(Oc2cccc(C(N)=O)c2)cc1. The molecule has 0 radical (unpaired) electrons. The van der Waals surface area contributed by atoms with Crippen molar-refractivity contribution < 1.29 is 14.3 Å². The molecular formula is C20H24ClN3O3. The zero-order valence-corrected chi connectivity index (χ0v) is 15.7. The van der Waals surface area contributed by atoms with E-state index < -0.39 is 5.91 Å². The second-order valence-electron chi connectivity index (χ2n) is 6.54. The first-order chi connectivity index (χ1) is 12.6. The van der Waals surface area contributed by atoms with Crippen LogP contribution in [0.5, 0.6) is 11.5 Å². The Balaban J connectivity index is 0.00000261. The molecule has 2 aromatic carbocycles. The molecule has 2 atom stereocenters. The normalized spacial score (nSPS) is 18.4. The van der Waals surface area contributed by atoms with E-state index in [9.17, 15) is 9.59 Å². The lowest BCUT2D eigenvalue weighted by Gasteiger charge is -2.17. The molecule has 0 spiro atoms. The average molecular weight is 390 g/mol. The van der Waals surface area contributed by atoms with Gasteiger partial charge < -0.3 is 21.5 Å². The highest BCUT2D eigenvalue weighted by Gasteiger charge is 2.31. The molecule has 7 heteroatoms. The van der Waals surface area contributed by atoms with Crippen molar-refractivity contribution in [2.45, 2.75) is 19.3 Å². The van der Waals surface area contributed by atoms with Gasteiger partial charge in [0.05, 0.1) is 0 Å². The summed E-state index contributed by atoms with van der Waals surface area (Å²) in [6.07, 6.45) is 2.97. The second kappa shape index (κ2) is 9.39. The van der Waals surface area contributed by atoms with Gasteiger partial charge in [0.25, 0.3) is 0 Å². The van der Waals surface area contributed by atoms with Crippen molar-refractivity contribution in [1.82, 2.24) is 0 Å². The number of carbonyl (C=O) groups is 2. The Hall–Kier alpha value is -2.57. The molecule has 0 unspecified atom stereocenters. The summed E-state index contributed by atoms with van der Waals surface area (Å²) in [5, 5.41) is 2.95. The van der Waals surface area contributed by atoms with Gasteiger partial charge in [0.15, 0.2) is 0 Å². The Morgan fingerprint density at radius 1 is 1.07 bits per heavy atom. The molecule has 144 valence electrons. The lowest BCUT2D eigenvalue weighted by Crippen LogP contribution is -2.29. The van der Waals surface area contributed by atoms with Gasteiger partial charge in [-0.1, -0.05) is 12.5 Å². The third-order valence-corrected chi connectivity index (χ3v) is 4.77. The fraction of sp³-hybridized carbons (Fsp3) is 0.300. The first-order valence-corrected chi connectivity index (χ1v) is 8.75. The lowest BCUT2D eigenvalue weighted by atomic mass is 9.95. The van der Waals surface area contributed by atoms with E-state index in [0.29, 0.717) is 23.6 Å². The topological polar surface area (TPSA) is 107 Å². The number of primary amides is 1. The molecule has 5 N–H and O–H groups in total. The number of hydrogen-bond acceptors (Lipinski definition) is 4. The van der Waals surface area contributed by atoms with Gasteiger partial charge in [0.1, 0.15) is 11.5 Å². The second-order valence-corrected chi connectivity index (χ2v) is 6.54. The van der Waals surface area contributed by atoms with Crippen LogP contribution in [0, 0.1) is 11.8 Å². The molecule has 2 aromatic rings. The number of hydrogen-bond donors (Lipinski definition) is 3. The number of nitrogens with two attached hydrogens (primary N) is 2. The van der Waals surface area contributed by atoms with E-state index in [0.717, 1.165) is 24.9 Å². The van der Waals surface area contributed by atoms with Crippen molar-refractivity contribution >= 4 is 29.9 Å². The highest BCUT2D eigenvalue weighted by molar-refractivity contribution is 5.93. The highest BCUT2D eigenvalue weighted by Crippen LogP contribution is 2.32. The summed E-state index contributed by atoms with van der Waals surface area (Å²) in [5.41, 5.74) is 12.1. The van der Waals surface area contributed by atoms with Crippen molar-refractivity contribution in [3.05, 3.63) is 54.1 Å². The van der Waals surface area contributed by atoms with Crippen LogP contribution in [-0.4, -0.2) is 18.4 Å². The average Bonchev–Trinajstić information content (AvgIpc) is 3.12. The summed E-state index contributed by atoms with van der Waals surface area (Å²) in [7, 11) is 0. The first kappa shape index (κ1) is 20.7. The van der Waals surface area contributed by atoms with Gasteiger partial charge in [0.2, 0.25) is 11.8 Å². The standard InChI is InChI=1S/C20H23N3O3.ClH/c21-12-14-4-2-6-18(14)20(25)23-15-7-9-16(10-8-15)26-17-5-1-3-13(11-17)19(22)24;/h1,3,5,7-11,14,18H,2,4,6,12,21H2,(H2,22,24)(H,23,25);1H/t14-,18-;/m1./s1. The summed E-state index contributed by atoms with van der Waals surface area (Å²) in [6, 6.07) is 13.8. The van der Waals surface area contributed by atoms with Crippen molar-refractivity contribution in [3.8, 4) is 11.5 Å². The van der Waals surface area contributed by atoms with Crippen LogP contribution in [0.2, 0.25) is 0 Å². The van der Waals surface area contributed by atoms with Crippen molar-refractivity contribution in [2.24, 2.45) is 23.3 Å². The molecule has 0 aromatic heterocycles. The van der Waals surface area contributed by atoms with Crippen LogP contribution in [-0.2, 0) is 4.79 Å². The van der Waals surface area contributed by atoms with E-state index in [4.69, 9.17) is 16.2 Å². The predicted octanol–water partition coefficient (Wildman–Crippen LogP) is 3.31. The fourth-order valence-electron chi connectivity index (χ4n) is 3.35. The number of halogens is 1. The van der Waals surface area contributed by atoms with E-state index in [2.05, 4.69) is 5.32 Å². The molecule has 1 saturated carbocycles. The molecule has 0 saturated heterocycles. The third-order valence-electron chi connectivity index (χ3n) is 4.77. The van der Waals surface area contributed by atoms with Crippen LogP contribution in [0.3, 0.4) is 0 Å². The highest BCUT2D eigenvalue weighted by atomic mass is 35.5. The fourth-order valence-corrected chi connectivity index (χ4v) is 3.35. The van der Waals surface area contributed by atoms with Crippen LogP contribution in [0.25, 0.3) is 0 Å². The van der Waals surface area contributed by atoms with Gasteiger partial charge in [-0.15, -0.1) is 12.4 Å². The van der Waals surface area contributed by atoms with E-state index in [-0.39, 0.29) is 30.2 Å². The summed E-state index contributed by atoms with van der Waals surface area (Å²) >= 11 is 0. The molecule has 0 heterocycles. The minimum Gasteiger partial charge on any atom is -0.457 e. The smallest absolute Gasteiger partial charge is 0.248 e. The van der Waals surface area contributed by atoms with Crippen molar-refractivity contribution in [1.29, 1.82) is 0 Å². The summed E-state index contributed by atoms with van der Waals surface area (Å²) in [6.45, 7) is 0.551. The number of rotatable bonds is 6. The van der Waals surface area contributed by atoms with Crippen molar-refractivity contribution in [3.63, 3.8) is 0 Å². The Kier molecular flexibility index (Phi) is 7.21. The lowest BCUT2D eigenvalue weighted by molar-refractivity contribution is -0.120. The molecule has 27 heavy (non-hydrogen) atoms. The molecule has 1 fully saturated rings. The Bertz CT molecular complexity index is 795. The number of amides is 2. The van der Waals surface area contributed by atoms with Crippen LogP contribution in [0.4, 0.5) is 5.69 Å². The van der Waals surface area contributed by atoms with Gasteiger partial charge in [0, 0.05) is 17.2 Å². The number of ether oxygens (including phenoxy) is 1. The summed E-state index contributed by atoms with van der Waals surface area (Å²) in [4.78, 5) is 23.6. The van der Waals surface area contributed by atoms with E-state index in [1.165, 1.54) is 0 Å². The monoisotopic (exact) mass is 389 g/mol. The summed E-state index contributed by atoms with van der Waals surface area (Å²) in [5.74, 6) is 0.916. The zero-order chi connectivity index (χ0) is 18.5. The molecule has 1 aliphatic rings. The summed E-state index contributed by atoms with van der Waals surface area (Å²) < 4.78 is 5.73. The Labute approximate surface area is 164 Å². The van der Waals surface area contributed by atoms with Gasteiger partial charge in [-0.25, -0.2) is 0 Å². The number of carbonyl (C=O) groups excluding carboxylic acids is 2. The molecule has 2 amide bonds. The van der Waals surface area contributed by atoms with Gasteiger partial charge in [-0.05, 0) is 67.8 Å². The predicted molar refractivity (Wildman–Crippen MR) is 107 cm³/mol. The maximum Gasteiger partial charge on any atom is 0.248 e. The van der Waals surface area contributed by atoms with Crippen LogP contribution in [0.1, 0.15) is 29.6 Å². The molecule has 3 rings (SSSR count). The molecule has 1 aliphatic carbocycles. The minimum atomic E-state index is -0.504. The van der Waals surface area contributed by atoms with Gasteiger partial charge >= 0.3 is 0 Å². The van der Waals surface area contributed by atoms with E-state index in [1.54, 1.807) is 48.5 Å². The van der Waals surface area contributed by atoms with Crippen LogP contribution >= 0.6 is 12.4 Å². The Morgan fingerprint density at radius 2 is 1.81 bits per heavy atom. The molecule has 0 bridgehead atoms. The maximum atomic E-state index is 12.4. The van der Waals surface area contributed by atoms with Gasteiger partial charge in [-0.3, -0.25) is 9.59 Å². The van der Waals surface area contributed by atoms with E-state index >= 15 is 0 Å². The van der Waals surface area contributed by atoms with Crippen LogP contribution < -0.4 is 21.5 Å². The molecular weight excluding hydrogens is 366 g/mol. The number of anilines is 1. The zero-order valence-electron chi connectivity index (χ0n) is 14.9. The van der Waals surface area contributed by atoms with Crippen molar-refractivity contribution in [2.75, 3.05) is 11.9 Å². The minimum absolute atomic E-state index is 0. The van der Waals surface area contributed by atoms with E-state index in [1.807, 2.05) is 0 Å². The first-order valence-electron chi connectivity index (χ1n) is 8.75. The largest absolute Gasteiger partial charge is 0.457 e. The Morgan fingerprint density at radius 3 is 2.48 bits per heavy atom. The molecule has 0 aliphatic heterocycles. The molecule has 6 nitrogen and oxygen atoms in total. The number of nitrogens with one attached hydrogen (secondary N) is 1.